The molecule has 0 heteroatoms. The molecule has 0 aromatic heterocycles. The van der Waals surface area contributed by atoms with Crippen LogP contribution in [0.2, 0.25) is 0 Å². The van der Waals surface area contributed by atoms with Gasteiger partial charge in [0.1, 0.15) is 0 Å². The predicted molar refractivity (Wildman–Crippen MR) is 361 cm³/mol. The van der Waals surface area contributed by atoms with Crippen molar-refractivity contribution in [1.82, 2.24) is 0 Å². The Labute approximate surface area is 490 Å². The van der Waals surface area contributed by atoms with Crippen LogP contribution in [0.5, 0.6) is 0 Å². The van der Waals surface area contributed by atoms with Gasteiger partial charge in [-0.1, -0.05) is 291 Å². The average Bonchev–Trinajstić information content (AvgIpc) is 1.53. The molecule has 0 aliphatic carbocycles. The Balaban J connectivity index is 0.000000143. The van der Waals surface area contributed by atoms with Crippen LogP contribution in [0.15, 0.2) is 340 Å². The first kappa shape index (κ1) is 50.1. The van der Waals surface area contributed by atoms with Gasteiger partial charge in [0, 0.05) is 0 Å². The van der Waals surface area contributed by atoms with E-state index in [-0.39, 0.29) is 0 Å². The number of rotatable bonds is 8. The molecule has 0 atom stereocenters. The Kier molecular flexibility index (Phi) is 13.0. The molecule has 0 nitrogen and oxygen atoms in total. The van der Waals surface area contributed by atoms with Crippen LogP contribution < -0.4 is 0 Å². The van der Waals surface area contributed by atoms with Crippen LogP contribution in [-0.4, -0.2) is 0 Å². The summed E-state index contributed by atoms with van der Waals surface area (Å²) >= 11 is 0. The standard InChI is InChI=1S/2C42H28/c2*1-5-15-29(16-6-1)39-37-27-35-25-33-23-13-14-24-34(33)26-36(35)28-38(37)40(30-17-7-2-8-18-30)42(32-21-11-4-12-22-32)41(39)31-19-9-3-10-20-31/h2*1-28H. The molecule has 0 saturated heterocycles. The first-order chi connectivity index (χ1) is 41.7. The van der Waals surface area contributed by atoms with Gasteiger partial charge in [-0.25, -0.2) is 0 Å². The number of hydrogen-bond donors (Lipinski definition) is 0. The first-order valence-corrected chi connectivity index (χ1v) is 29.1. The highest BCUT2D eigenvalue weighted by Gasteiger charge is 2.26. The molecule has 0 unspecified atom stereocenters. The van der Waals surface area contributed by atoms with Crippen LogP contribution in [0.3, 0.4) is 0 Å². The van der Waals surface area contributed by atoms with E-state index in [0.29, 0.717) is 0 Å². The quantitative estimate of drug-likeness (QED) is 0.133. The molecule has 392 valence electrons. The lowest BCUT2D eigenvalue weighted by Crippen LogP contribution is -1.97. The molecule has 0 aliphatic heterocycles. The predicted octanol–water partition coefficient (Wildman–Crippen LogP) is 23.6. The van der Waals surface area contributed by atoms with Gasteiger partial charge in [0.2, 0.25) is 0 Å². The lowest BCUT2D eigenvalue weighted by molar-refractivity contribution is 1.57. The largest absolute Gasteiger partial charge is 0.0622 e. The second kappa shape index (κ2) is 21.9. The van der Waals surface area contributed by atoms with Gasteiger partial charge >= 0.3 is 0 Å². The Morgan fingerprint density at radius 3 is 0.417 bits per heavy atom. The minimum Gasteiger partial charge on any atom is -0.0622 e. The van der Waals surface area contributed by atoms with E-state index in [0.717, 1.165) is 0 Å². The van der Waals surface area contributed by atoms with Gasteiger partial charge in [0.25, 0.3) is 0 Å². The fourth-order valence-electron chi connectivity index (χ4n) is 13.0. The Morgan fingerprint density at radius 1 is 0.107 bits per heavy atom. The summed E-state index contributed by atoms with van der Waals surface area (Å²) in [4.78, 5) is 0. The third-order valence-electron chi connectivity index (χ3n) is 16.8. The second-order valence-electron chi connectivity index (χ2n) is 21.8. The SMILES string of the molecule is c1ccc(-c2c(-c3ccccc3)c(-c3ccccc3)c3cc4cc5ccccc5cc4cc3c2-c2ccccc2)cc1.c1ccc(-c2c(-c3ccccc3)c(-c3ccccc3)c3cc4cc5ccccc5cc4cc3c2-c2ccccc2)cc1. The zero-order valence-electron chi connectivity index (χ0n) is 46.3. The van der Waals surface area contributed by atoms with E-state index in [4.69, 9.17) is 0 Å². The van der Waals surface area contributed by atoms with Gasteiger partial charge in [-0.2, -0.15) is 0 Å². The molecule has 0 radical (unpaired) electrons. The van der Waals surface area contributed by atoms with E-state index in [1.165, 1.54) is 154 Å². The molecule has 0 aliphatic rings. The maximum absolute atomic E-state index is 2.42. The fourth-order valence-corrected chi connectivity index (χ4v) is 13.0. The highest BCUT2D eigenvalue weighted by molar-refractivity contribution is 6.23. The second-order valence-corrected chi connectivity index (χ2v) is 21.8. The molecule has 0 N–H and O–H groups in total. The Hall–Kier alpha value is -10.9. The highest BCUT2D eigenvalue weighted by atomic mass is 14.3. The van der Waals surface area contributed by atoms with Crippen molar-refractivity contribution in [2.75, 3.05) is 0 Å². The van der Waals surface area contributed by atoms with E-state index in [1.807, 2.05) is 0 Å². The topological polar surface area (TPSA) is 0 Å². The number of hydrogen-bond acceptors (Lipinski definition) is 0. The van der Waals surface area contributed by atoms with Gasteiger partial charge in [0.05, 0.1) is 0 Å². The van der Waals surface area contributed by atoms with Crippen LogP contribution in [0, 0.1) is 0 Å². The van der Waals surface area contributed by atoms with Crippen molar-refractivity contribution in [3.63, 3.8) is 0 Å². The smallest absolute Gasteiger partial charge is 0.00141 e. The van der Waals surface area contributed by atoms with Crippen LogP contribution in [-0.2, 0) is 0 Å². The Morgan fingerprint density at radius 2 is 0.250 bits per heavy atom. The van der Waals surface area contributed by atoms with E-state index in [9.17, 15) is 0 Å². The summed E-state index contributed by atoms with van der Waals surface area (Å²) in [6.07, 6.45) is 0. The molecule has 16 aromatic carbocycles. The van der Waals surface area contributed by atoms with Crippen molar-refractivity contribution in [2.45, 2.75) is 0 Å². The normalized spacial score (nSPS) is 11.3. The molecule has 0 heterocycles. The molecule has 0 fully saturated rings. The molecule has 16 aromatic rings. The third-order valence-corrected chi connectivity index (χ3v) is 16.8. The lowest BCUT2D eigenvalue weighted by Gasteiger charge is -2.24. The van der Waals surface area contributed by atoms with Crippen LogP contribution in [0.4, 0.5) is 0 Å². The van der Waals surface area contributed by atoms with Crippen molar-refractivity contribution in [3.8, 4) is 89.0 Å². The fraction of sp³-hybridized carbons (Fsp3) is 0. The third kappa shape index (κ3) is 9.17. The van der Waals surface area contributed by atoms with E-state index in [2.05, 4.69) is 340 Å². The summed E-state index contributed by atoms with van der Waals surface area (Å²) < 4.78 is 0. The zero-order valence-corrected chi connectivity index (χ0v) is 46.3. The summed E-state index contributed by atoms with van der Waals surface area (Å²) in [7, 11) is 0. The summed E-state index contributed by atoms with van der Waals surface area (Å²) in [5.74, 6) is 0. The van der Waals surface area contributed by atoms with Crippen molar-refractivity contribution < 1.29 is 0 Å². The van der Waals surface area contributed by atoms with E-state index < -0.39 is 0 Å². The van der Waals surface area contributed by atoms with Crippen molar-refractivity contribution in [2.24, 2.45) is 0 Å². The van der Waals surface area contributed by atoms with Gasteiger partial charge in [-0.3, -0.25) is 0 Å². The first-order valence-electron chi connectivity index (χ1n) is 29.1. The van der Waals surface area contributed by atoms with Gasteiger partial charge in [0.15, 0.2) is 0 Å². The van der Waals surface area contributed by atoms with Crippen LogP contribution >= 0.6 is 0 Å². The van der Waals surface area contributed by atoms with Crippen LogP contribution in [0.1, 0.15) is 0 Å². The minimum absolute atomic E-state index is 1.22. The molecular formula is C84H56. The maximum atomic E-state index is 2.42. The minimum atomic E-state index is 1.22. The summed E-state index contributed by atoms with van der Waals surface area (Å²) in [6.45, 7) is 0. The van der Waals surface area contributed by atoms with Crippen molar-refractivity contribution >= 4 is 64.6 Å². The number of benzene rings is 16. The molecule has 0 amide bonds. The summed E-state index contributed by atoms with van der Waals surface area (Å²) in [5, 5.41) is 15.1. The maximum Gasteiger partial charge on any atom is -0.00141 e. The van der Waals surface area contributed by atoms with Crippen molar-refractivity contribution in [1.29, 1.82) is 0 Å². The molecule has 16 rings (SSSR count). The monoisotopic (exact) mass is 1060 g/mol. The molecule has 84 heavy (non-hydrogen) atoms. The van der Waals surface area contributed by atoms with Gasteiger partial charge < -0.3 is 0 Å². The summed E-state index contributed by atoms with van der Waals surface area (Å²) in [5.41, 5.74) is 19.9. The molecule has 0 bridgehead atoms. The Bertz CT molecular complexity index is 4390. The van der Waals surface area contributed by atoms with E-state index >= 15 is 0 Å². The highest BCUT2D eigenvalue weighted by Crippen LogP contribution is 2.54. The van der Waals surface area contributed by atoms with Crippen LogP contribution in [0.25, 0.3) is 154 Å². The van der Waals surface area contributed by atoms with E-state index in [1.54, 1.807) is 0 Å². The van der Waals surface area contributed by atoms with Gasteiger partial charge in [-0.05, 0) is 202 Å². The number of fused-ring (bicyclic) bond motifs is 6. The van der Waals surface area contributed by atoms with Crippen molar-refractivity contribution in [3.05, 3.63) is 340 Å². The van der Waals surface area contributed by atoms with Gasteiger partial charge in [-0.15, -0.1) is 0 Å². The molecular weight excluding hydrogens is 1010 g/mol. The average molecular weight is 1070 g/mol. The summed E-state index contributed by atoms with van der Waals surface area (Å²) in [6, 6.07) is 124. The molecule has 0 spiro atoms. The lowest BCUT2D eigenvalue weighted by atomic mass is 9.78. The zero-order chi connectivity index (χ0) is 55.8. The molecule has 0 saturated carbocycles.